The largest absolute Gasteiger partial charge is 0.496 e. The number of benzene rings is 1. The zero-order valence-corrected chi connectivity index (χ0v) is 10.6. The minimum absolute atomic E-state index is 0.390. The molecule has 0 saturated heterocycles. The van der Waals surface area contributed by atoms with Crippen LogP contribution in [0.15, 0.2) is 18.2 Å². The van der Waals surface area contributed by atoms with Crippen LogP contribution in [0, 0.1) is 12.3 Å². The summed E-state index contributed by atoms with van der Waals surface area (Å²) in [4.78, 5) is 0. The fraction of sp³-hybridized carbons (Fsp3) is 0.571. The van der Waals surface area contributed by atoms with Crippen molar-refractivity contribution < 1.29 is 4.74 Å². The topological polar surface area (TPSA) is 9.23 Å². The van der Waals surface area contributed by atoms with E-state index in [1.807, 2.05) is 0 Å². The van der Waals surface area contributed by atoms with E-state index < -0.39 is 0 Å². The summed E-state index contributed by atoms with van der Waals surface area (Å²) in [6.45, 7) is 8.97. The van der Waals surface area contributed by atoms with E-state index in [1.165, 1.54) is 17.5 Å². The van der Waals surface area contributed by atoms with E-state index in [0.717, 1.165) is 12.2 Å². The van der Waals surface area contributed by atoms with E-state index in [0.29, 0.717) is 5.41 Å². The van der Waals surface area contributed by atoms with Gasteiger partial charge in [0.15, 0.2) is 0 Å². The van der Waals surface area contributed by atoms with Gasteiger partial charge in [-0.2, -0.15) is 0 Å². The average Bonchev–Trinajstić information content (AvgIpc) is 2.17. The molecule has 0 atom stereocenters. The molecule has 0 spiro atoms. The van der Waals surface area contributed by atoms with E-state index in [9.17, 15) is 0 Å². The molecule has 1 rings (SSSR count). The van der Waals surface area contributed by atoms with Crippen molar-refractivity contribution in [3.05, 3.63) is 29.3 Å². The van der Waals surface area contributed by atoms with E-state index in [4.69, 9.17) is 4.74 Å². The lowest BCUT2D eigenvalue weighted by atomic mass is 9.83. The van der Waals surface area contributed by atoms with Crippen molar-refractivity contribution >= 4 is 0 Å². The molecule has 0 bridgehead atoms. The van der Waals surface area contributed by atoms with Crippen LogP contribution in [0.3, 0.4) is 0 Å². The molecule has 1 nitrogen and oxygen atoms in total. The van der Waals surface area contributed by atoms with Crippen LogP contribution in [0.25, 0.3) is 0 Å². The number of hydrogen-bond donors (Lipinski definition) is 0. The monoisotopic (exact) mass is 206 g/mol. The fourth-order valence-corrected chi connectivity index (χ4v) is 1.73. The van der Waals surface area contributed by atoms with Gasteiger partial charge in [-0.3, -0.25) is 0 Å². The lowest BCUT2D eigenvalue weighted by molar-refractivity contribution is 0.348. The summed E-state index contributed by atoms with van der Waals surface area (Å²) in [5.41, 5.74) is 3.02. The molecule has 15 heavy (non-hydrogen) atoms. The van der Waals surface area contributed by atoms with Gasteiger partial charge >= 0.3 is 0 Å². The molecule has 1 aromatic carbocycles. The maximum atomic E-state index is 5.26. The van der Waals surface area contributed by atoms with Crippen LogP contribution in [0.2, 0.25) is 0 Å². The molecule has 0 aliphatic heterocycles. The SMILES string of the molecule is CCC(C)(C)Cc1ccc(OC)c(C)c1. The van der Waals surface area contributed by atoms with Gasteiger partial charge in [0.05, 0.1) is 7.11 Å². The van der Waals surface area contributed by atoms with E-state index in [-0.39, 0.29) is 0 Å². The van der Waals surface area contributed by atoms with Crippen molar-refractivity contribution in [3.8, 4) is 5.75 Å². The molecule has 0 N–H and O–H groups in total. The van der Waals surface area contributed by atoms with E-state index in [1.54, 1.807) is 7.11 Å². The van der Waals surface area contributed by atoms with Gasteiger partial charge in [0.2, 0.25) is 0 Å². The Morgan fingerprint density at radius 1 is 1.27 bits per heavy atom. The summed E-state index contributed by atoms with van der Waals surface area (Å²) in [6, 6.07) is 6.47. The third kappa shape index (κ3) is 3.26. The van der Waals surface area contributed by atoms with Gasteiger partial charge in [-0.1, -0.05) is 39.3 Å². The van der Waals surface area contributed by atoms with Gasteiger partial charge in [0.1, 0.15) is 5.75 Å². The minimum atomic E-state index is 0.390. The number of hydrogen-bond acceptors (Lipinski definition) is 1. The van der Waals surface area contributed by atoms with E-state index >= 15 is 0 Å². The fourth-order valence-electron chi connectivity index (χ4n) is 1.73. The van der Waals surface area contributed by atoms with Crippen LogP contribution < -0.4 is 4.74 Å². The summed E-state index contributed by atoms with van der Waals surface area (Å²) in [7, 11) is 1.72. The predicted molar refractivity (Wildman–Crippen MR) is 65.5 cm³/mol. The lowest BCUT2D eigenvalue weighted by Gasteiger charge is -2.23. The van der Waals surface area contributed by atoms with Crippen LogP contribution >= 0.6 is 0 Å². The van der Waals surface area contributed by atoms with Crippen LogP contribution in [-0.4, -0.2) is 7.11 Å². The average molecular weight is 206 g/mol. The first-order chi connectivity index (χ1) is 6.98. The second-order valence-electron chi connectivity index (χ2n) is 5.00. The second-order valence-corrected chi connectivity index (χ2v) is 5.00. The molecule has 0 aliphatic carbocycles. The Bertz CT molecular complexity index is 326. The van der Waals surface area contributed by atoms with Crippen molar-refractivity contribution in [2.24, 2.45) is 5.41 Å². The minimum Gasteiger partial charge on any atom is -0.496 e. The maximum Gasteiger partial charge on any atom is 0.121 e. The predicted octanol–water partition coefficient (Wildman–Crippen LogP) is 3.98. The third-order valence-electron chi connectivity index (χ3n) is 3.10. The van der Waals surface area contributed by atoms with Gasteiger partial charge in [-0.15, -0.1) is 0 Å². The molecule has 1 heteroatoms. The first kappa shape index (κ1) is 12.1. The molecule has 84 valence electrons. The van der Waals surface area contributed by atoms with Gasteiger partial charge in [0, 0.05) is 0 Å². The highest BCUT2D eigenvalue weighted by atomic mass is 16.5. The third-order valence-corrected chi connectivity index (χ3v) is 3.10. The van der Waals surface area contributed by atoms with Crippen LogP contribution in [0.4, 0.5) is 0 Å². The van der Waals surface area contributed by atoms with Crippen molar-refractivity contribution in [1.82, 2.24) is 0 Å². The Balaban J connectivity index is 2.84. The Kier molecular flexibility index (Phi) is 3.78. The van der Waals surface area contributed by atoms with Crippen molar-refractivity contribution in [2.75, 3.05) is 7.11 Å². The molecular weight excluding hydrogens is 184 g/mol. The zero-order valence-electron chi connectivity index (χ0n) is 10.6. The Hall–Kier alpha value is -0.980. The number of methoxy groups -OCH3 is 1. The molecule has 0 fully saturated rings. The lowest BCUT2D eigenvalue weighted by Crippen LogP contribution is -2.13. The van der Waals surface area contributed by atoms with Crippen LogP contribution in [0.1, 0.15) is 38.3 Å². The molecule has 0 unspecified atom stereocenters. The highest BCUT2D eigenvalue weighted by molar-refractivity contribution is 5.36. The molecule has 0 aliphatic rings. The van der Waals surface area contributed by atoms with Gasteiger partial charge < -0.3 is 4.74 Å². The first-order valence-corrected chi connectivity index (χ1v) is 5.62. The molecule has 0 saturated carbocycles. The van der Waals surface area contributed by atoms with Crippen molar-refractivity contribution in [2.45, 2.75) is 40.5 Å². The first-order valence-electron chi connectivity index (χ1n) is 5.62. The molecule has 0 amide bonds. The highest BCUT2D eigenvalue weighted by Crippen LogP contribution is 2.27. The number of aryl methyl sites for hydroxylation is 1. The molecule has 1 aromatic rings. The molecular formula is C14H22O. The van der Waals surface area contributed by atoms with Gasteiger partial charge in [0.25, 0.3) is 0 Å². The zero-order chi connectivity index (χ0) is 11.5. The van der Waals surface area contributed by atoms with Crippen LogP contribution in [0.5, 0.6) is 5.75 Å². The summed E-state index contributed by atoms with van der Waals surface area (Å²) in [5, 5.41) is 0. The highest BCUT2D eigenvalue weighted by Gasteiger charge is 2.16. The molecule has 0 aromatic heterocycles. The van der Waals surface area contributed by atoms with Crippen molar-refractivity contribution in [1.29, 1.82) is 0 Å². The Labute approximate surface area is 93.5 Å². The summed E-state index contributed by atoms with van der Waals surface area (Å²) in [5.74, 6) is 0.980. The summed E-state index contributed by atoms with van der Waals surface area (Å²) in [6.07, 6.45) is 2.34. The number of rotatable bonds is 4. The quantitative estimate of drug-likeness (QED) is 0.724. The Morgan fingerprint density at radius 3 is 2.40 bits per heavy atom. The summed E-state index contributed by atoms with van der Waals surface area (Å²) < 4.78 is 5.26. The summed E-state index contributed by atoms with van der Waals surface area (Å²) >= 11 is 0. The smallest absolute Gasteiger partial charge is 0.121 e. The van der Waals surface area contributed by atoms with E-state index in [2.05, 4.69) is 45.9 Å². The Morgan fingerprint density at radius 2 is 1.93 bits per heavy atom. The van der Waals surface area contributed by atoms with Crippen molar-refractivity contribution in [3.63, 3.8) is 0 Å². The standard InChI is InChI=1S/C14H22O/c1-6-14(3,4)10-12-7-8-13(15-5)11(2)9-12/h7-9H,6,10H2,1-5H3. The molecule has 0 heterocycles. The number of ether oxygens (including phenoxy) is 1. The maximum absolute atomic E-state index is 5.26. The normalized spacial score (nSPS) is 11.5. The van der Waals surface area contributed by atoms with Gasteiger partial charge in [-0.25, -0.2) is 0 Å². The van der Waals surface area contributed by atoms with Crippen LogP contribution in [-0.2, 0) is 6.42 Å². The van der Waals surface area contributed by atoms with Gasteiger partial charge in [-0.05, 0) is 36.0 Å². The second kappa shape index (κ2) is 4.69. The molecule has 0 radical (unpaired) electrons.